The molecule has 4 rings (SSSR count). The van der Waals surface area contributed by atoms with Gasteiger partial charge < -0.3 is 15.5 Å². The molecule has 1 fully saturated rings. The molecule has 2 aromatic rings. The van der Waals surface area contributed by atoms with Crippen LogP contribution in [0.25, 0.3) is 0 Å². The van der Waals surface area contributed by atoms with E-state index in [9.17, 15) is 24.0 Å². The van der Waals surface area contributed by atoms with Gasteiger partial charge in [-0.25, -0.2) is 0 Å². The number of benzene rings is 2. The second-order valence-electron chi connectivity index (χ2n) is 10.8. The maximum Gasteiger partial charge on any atom is 0.255 e. The lowest BCUT2D eigenvalue weighted by molar-refractivity contribution is -0.137. The van der Waals surface area contributed by atoms with Crippen LogP contribution in [-0.2, 0) is 32.3 Å². The molecule has 2 heterocycles. The van der Waals surface area contributed by atoms with E-state index in [4.69, 9.17) is 0 Å². The molecule has 37 heavy (non-hydrogen) atoms. The van der Waals surface area contributed by atoms with E-state index < -0.39 is 18.0 Å². The number of imide groups is 1. The number of hydrogen-bond acceptors (Lipinski definition) is 5. The highest BCUT2D eigenvalue weighted by molar-refractivity contribution is 6.05. The van der Waals surface area contributed by atoms with Crippen molar-refractivity contribution in [2.45, 2.75) is 65.2 Å². The molecule has 0 spiro atoms. The number of carbonyl (C=O) groups excluding carboxylic acids is 5. The van der Waals surface area contributed by atoms with Gasteiger partial charge in [-0.1, -0.05) is 63.2 Å². The van der Waals surface area contributed by atoms with Crippen molar-refractivity contribution in [2.75, 3.05) is 0 Å². The fourth-order valence-corrected chi connectivity index (χ4v) is 4.67. The van der Waals surface area contributed by atoms with Gasteiger partial charge in [-0.3, -0.25) is 29.3 Å². The summed E-state index contributed by atoms with van der Waals surface area (Å²) in [6.07, 6.45) is 0.782. The fourth-order valence-electron chi connectivity index (χ4n) is 4.67. The lowest BCUT2D eigenvalue weighted by atomic mass is 9.91. The largest absolute Gasteiger partial charge is 0.350 e. The minimum absolute atomic E-state index is 0.197. The van der Waals surface area contributed by atoms with E-state index >= 15 is 0 Å². The van der Waals surface area contributed by atoms with E-state index in [0.29, 0.717) is 17.5 Å². The molecule has 9 nitrogen and oxygen atoms in total. The first-order valence-electron chi connectivity index (χ1n) is 12.4. The summed E-state index contributed by atoms with van der Waals surface area (Å²) in [7, 11) is 0. The smallest absolute Gasteiger partial charge is 0.255 e. The summed E-state index contributed by atoms with van der Waals surface area (Å²) in [6, 6.07) is 12.9. The topological polar surface area (TPSA) is 125 Å². The van der Waals surface area contributed by atoms with Crippen molar-refractivity contribution in [1.29, 1.82) is 0 Å². The van der Waals surface area contributed by atoms with E-state index in [2.05, 4.69) is 16.0 Å². The molecule has 2 aliphatic heterocycles. The van der Waals surface area contributed by atoms with E-state index in [-0.39, 0.29) is 55.0 Å². The number of nitrogens with zero attached hydrogens (tertiary/aromatic N) is 1. The Balaban J connectivity index is 1.43. The molecule has 2 aromatic carbocycles. The minimum Gasteiger partial charge on any atom is -0.350 e. The van der Waals surface area contributed by atoms with Crippen LogP contribution in [0, 0.1) is 5.41 Å². The fraction of sp³-hybridized carbons (Fsp3) is 0.393. The second-order valence-corrected chi connectivity index (χ2v) is 10.8. The van der Waals surface area contributed by atoms with Crippen LogP contribution in [0.5, 0.6) is 0 Å². The number of fused-ring (bicyclic) bond motifs is 1. The molecule has 0 aliphatic carbocycles. The zero-order valence-electron chi connectivity index (χ0n) is 21.3. The van der Waals surface area contributed by atoms with Gasteiger partial charge in [-0.15, -0.1) is 0 Å². The summed E-state index contributed by atoms with van der Waals surface area (Å²) >= 11 is 0. The van der Waals surface area contributed by atoms with Crippen molar-refractivity contribution in [3.8, 4) is 0 Å². The summed E-state index contributed by atoms with van der Waals surface area (Å²) in [4.78, 5) is 63.9. The Kier molecular flexibility index (Phi) is 7.42. The highest BCUT2D eigenvalue weighted by Crippen LogP contribution is 2.28. The summed E-state index contributed by atoms with van der Waals surface area (Å²) in [5.41, 5.74) is 2.53. The van der Waals surface area contributed by atoms with Crippen LogP contribution in [0.4, 0.5) is 0 Å². The summed E-state index contributed by atoms with van der Waals surface area (Å²) < 4.78 is 0. The van der Waals surface area contributed by atoms with Gasteiger partial charge in [0.15, 0.2) is 0 Å². The number of carbonyl (C=O) groups is 5. The first-order valence-corrected chi connectivity index (χ1v) is 12.4. The third-order valence-electron chi connectivity index (χ3n) is 6.45. The van der Waals surface area contributed by atoms with Crippen molar-refractivity contribution < 1.29 is 24.0 Å². The Labute approximate surface area is 216 Å². The maximum atomic E-state index is 13.2. The van der Waals surface area contributed by atoms with Crippen molar-refractivity contribution in [3.63, 3.8) is 0 Å². The summed E-state index contributed by atoms with van der Waals surface area (Å²) in [5.74, 6) is -1.57. The van der Waals surface area contributed by atoms with Gasteiger partial charge in [0.2, 0.25) is 23.6 Å². The van der Waals surface area contributed by atoms with Gasteiger partial charge in [0, 0.05) is 31.5 Å². The average Bonchev–Trinajstić information content (AvgIpc) is 3.16. The third-order valence-corrected chi connectivity index (χ3v) is 6.45. The molecule has 0 bridgehead atoms. The zero-order chi connectivity index (χ0) is 26.7. The molecule has 3 N–H and O–H groups in total. The highest BCUT2D eigenvalue weighted by atomic mass is 16.2. The number of rotatable bonds is 7. The lowest BCUT2D eigenvalue weighted by Gasteiger charge is -2.29. The Morgan fingerprint density at radius 2 is 1.81 bits per heavy atom. The molecule has 194 valence electrons. The van der Waals surface area contributed by atoms with Crippen LogP contribution in [0.3, 0.4) is 0 Å². The van der Waals surface area contributed by atoms with Gasteiger partial charge in [0.25, 0.3) is 5.91 Å². The molecule has 1 unspecified atom stereocenters. The van der Waals surface area contributed by atoms with Crippen LogP contribution in [0.15, 0.2) is 48.5 Å². The number of piperidine rings is 1. The van der Waals surface area contributed by atoms with Crippen molar-refractivity contribution in [3.05, 3.63) is 70.8 Å². The highest BCUT2D eigenvalue weighted by Gasteiger charge is 2.39. The molecule has 2 atom stereocenters. The van der Waals surface area contributed by atoms with Crippen molar-refractivity contribution >= 4 is 29.5 Å². The molecule has 9 heteroatoms. The SMILES string of the molecule is CC(C)(C)CC(=O)N[C@H](C(=O)NCc1ccc2c(c1)CN(C1CCC(=O)NC1=O)C2=O)c1ccccc1. The average molecular weight is 505 g/mol. The Hall–Kier alpha value is -4.01. The normalized spacial score (nSPS) is 18.2. The van der Waals surface area contributed by atoms with E-state index in [1.807, 2.05) is 45.0 Å². The molecule has 0 radical (unpaired) electrons. The van der Waals surface area contributed by atoms with Crippen LogP contribution in [0.2, 0.25) is 0 Å². The number of amides is 5. The number of hydrogen-bond donors (Lipinski definition) is 3. The van der Waals surface area contributed by atoms with Gasteiger partial charge in [-0.2, -0.15) is 0 Å². The first kappa shape index (κ1) is 26.1. The molecular formula is C28H32N4O5. The monoisotopic (exact) mass is 504 g/mol. The Morgan fingerprint density at radius 1 is 1.08 bits per heavy atom. The Bertz CT molecular complexity index is 1230. The van der Waals surface area contributed by atoms with Gasteiger partial charge in [0.1, 0.15) is 12.1 Å². The van der Waals surface area contributed by atoms with Gasteiger partial charge in [-0.05, 0) is 34.6 Å². The standard InChI is InChI=1S/C28H32N4O5/c1-28(2,3)14-23(34)30-24(18-7-5-4-6-8-18)26(36)29-15-17-9-10-20-19(13-17)16-32(27(20)37)21-11-12-22(33)31-25(21)35/h4-10,13,21,24H,11-12,14-16H2,1-3H3,(H,29,36)(H,30,34)(H,31,33,35)/t21?,24-/m0/s1. The first-order chi connectivity index (χ1) is 17.5. The van der Waals surface area contributed by atoms with E-state index in [0.717, 1.165) is 11.1 Å². The minimum atomic E-state index is -0.838. The molecule has 0 aromatic heterocycles. The maximum absolute atomic E-state index is 13.2. The quantitative estimate of drug-likeness (QED) is 0.500. The molecular weight excluding hydrogens is 472 g/mol. The second kappa shape index (κ2) is 10.5. The predicted octanol–water partition coefficient (Wildman–Crippen LogP) is 2.36. The number of nitrogens with one attached hydrogen (secondary N) is 3. The van der Waals surface area contributed by atoms with Crippen LogP contribution < -0.4 is 16.0 Å². The van der Waals surface area contributed by atoms with Crippen LogP contribution >= 0.6 is 0 Å². The zero-order valence-corrected chi connectivity index (χ0v) is 21.3. The lowest BCUT2D eigenvalue weighted by Crippen LogP contribution is -2.52. The molecule has 1 saturated heterocycles. The van der Waals surface area contributed by atoms with E-state index in [1.54, 1.807) is 24.3 Å². The van der Waals surface area contributed by atoms with E-state index in [1.165, 1.54) is 4.90 Å². The predicted molar refractivity (Wildman–Crippen MR) is 136 cm³/mol. The molecule has 2 aliphatic rings. The van der Waals surface area contributed by atoms with Crippen LogP contribution in [-0.4, -0.2) is 40.5 Å². The third kappa shape index (κ3) is 6.22. The van der Waals surface area contributed by atoms with Gasteiger partial charge >= 0.3 is 0 Å². The molecule has 5 amide bonds. The van der Waals surface area contributed by atoms with Crippen molar-refractivity contribution in [2.24, 2.45) is 5.41 Å². The van der Waals surface area contributed by atoms with Gasteiger partial charge in [0.05, 0.1) is 0 Å². The summed E-state index contributed by atoms with van der Waals surface area (Å²) in [5, 5.41) is 8.06. The van der Waals surface area contributed by atoms with Crippen molar-refractivity contribution in [1.82, 2.24) is 20.9 Å². The summed E-state index contributed by atoms with van der Waals surface area (Å²) in [6.45, 7) is 6.35. The molecule has 0 saturated carbocycles. The Morgan fingerprint density at radius 3 is 2.49 bits per heavy atom. The van der Waals surface area contributed by atoms with Crippen LogP contribution in [0.1, 0.15) is 73.1 Å².